The molecule has 0 atom stereocenters. The number of aromatic carboxylic acids is 1. The van der Waals surface area contributed by atoms with Gasteiger partial charge in [-0.2, -0.15) is 0 Å². The van der Waals surface area contributed by atoms with E-state index in [9.17, 15) is 9.59 Å². The summed E-state index contributed by atoms with van der Waals surface area (Å²) in [6.07, 6.45) is 0. The van der Waals surface area contributed by atoms with Crippen molar-refractivity contribution >= 4 is 51.1 Å². The Morgan fingerprint density at radius 2 is 1.06 bits per heavy atom. The molecule has 0 heterocycles. The van der Waals surface area contributed by atoms with E-state index in [1.54, 1.807) is 42.5 Å². The first-order valence-electron chi connectivity index (χ1n) is 15.2. The van der Waals surface area contributed by atoms with Crippen molar-refractivity contribution in [3.8, 4) is 33.8 Å². The highest BCUT2D eigenvalue weighted by molar-refractivity contribution is 9.08. The molecule has 0 unspecified atom stereocenters. The Hall–Kier alpha value is -5.08. The molecule has 6 nitrogen and oxygen atoms in total. The first-order chi connectivity index (χ1) is 24.1. The van der Waals surface area contributed by atoms with E-state index in [0.717, 1.165) is 49.5 Å². The quantitative estimate of drug-likeness (QED) is 0.118. The van der Waals surface area contributed by atoms with E-state index >= 15 is 0 Å². The molecule has 2 N–H and O–H groups in total. The van der Waals surface area contributed by atoms with E-state index in [0.29, 0.717) is 17.2 Å². The third-order valence-electron chi connectivity index (χ3n) is 7.16. The maximum atomic E-state index is 11.0. The zero-order valence-electron chi connectivity index (χ0n) is 26.9. The standard InChI is InChI=1S/C20H15ClO3.C12H9ClO.C9H9BrO2/c21-18-8-4-15(5-9-18)16-6-10-19(11-7-16)24-13-14-2-1-3-17(12-14)20(22)23;13-11-5-1-9(2-6-11)10-3-7-12(14)8-4-10;1-12-9(11)8-4-2-3-7(5-8)6-10/h1-12H,13H2,(H,22,23);1-8,14H;2-5H,6H2,1H3. The van der Waals surface area contributed by atoms with Crippen LogP contribution in [0.3, 0.4) is 0 Å². The first-order valence-corrected chi connectivity index (χ1v) is 17.1. The molecule has 9 heteroatoms. The number of benzene rings is 6. The lowest BCUT2D eigenvalue weighted by Gasteiger charge is -2.08. The lowest BCUT2D eigenvalue weighted by atomic mass is 10.1. The van der Waals surface area contributed by atoms with Crippen LogP contribution in [0, 0.1) is 0 Å². The monoisotopic (exact) mass is 770 g/mol. The van der Waals surface area contributed by atoms with Crippen molar-refractivity contribution in [1.29, 1.82) is 0 Å². The van der Waals surface area contributed by atoms with Crippen LogP contribution in [0.5, 0.6) is 11.5 Å². The molecule has 0 aliphatic heterocycles. The van der Waals surface area contributed by atoms with E-state index in [1.807, 2.05) is 103 Å². The summed E-state index contributed by atoms with van der Waals surface area (Å²) >= 11 is 15.0. The van der Waals surface area contributed by atoms with Gasteiger partial charge < -0.3 is 19.7 Å². The molecule has 50 heavy (non-hydrogen) atoms. The predicted molar refractivity (Wildman–Crippen MR) is 204 cm³/mol. The minimum Gasteiger partial charge on any atom is -0.508 e. The lowest BCUT2D eigenvalue weighted by Crippen LogP contribution is -2.00. The molecular formula is C41H33BrCl2O6. The molecule has 0 fully saturated rings. The maximum Gasteiger partial charge on any atom is 0.337 e. The van der Waals surface area contributed by atoms with Gasteiger partial charge in [-0.05, 0) is 106 Å². The van der Waals surface area contributed by atoms with Crippen LogP contribution in [0.4, 0.5) is 0 Å². The van der Waals surface area contributed by atoms with E-state index < -0.39 is 5.97 Å². The second-order valence-electron chi connectivity index (χ2n) is 10.7. The van der Waals surface area contributed by atoms with E-state index in [4.69, 9.17) is 38.2 Å². The Bertz CT molecular complexity index is 1940. The van der Waals surface area contributed by atoms with Gasteiger partial charge in [0.05, 0.1) is 18.2 Å². The summed E-state index contributed by atoms with van der Waals surface area (Å²) in [6.45, 7) is 0.321. The van der Waals surface area contributed by atoms with Crippen molar-refractivity contribution in [2.45, 2.75) is 11.9 Å². The van der Waals surface area contributed by atoms with Crippen LogP contribution in [-0.4, -0.2) is 29.3 Å². The van der Waals surface area contributed by atoms with Crippen LogP contribution in [0.1, 0.15) is 31.8 Å². The number of phenolic OH excluding ortho intramolecular Hbond substituents is 1. The summed E-state index contributed by atoms with van der Waals surface area (Å²) in [6, 6.07) is 44.1. The average Bonchev–Trinajstić information content (AvgIpc) is 3.15. The third kappa shape index (κ3) is 11.8. The minimum atomic E-state index is -0.941. The SMILES string of the molecule is COC(=O)c1cccc(CBr)c1.O=C(O)c1cccc(COc2ccc(-c3ccc(Cl)cc3)cc2)c1.Oc1ccc(-c2ccc(Cl)cc2)cc1. The molecule has 0 aliphatic carbocycles. The minimum absolute atomic E-state index is 0.259. The molecule has 0 bridgehead atoms. The van der Waals surface area contributed by atoms with Crippen molar-refractivity contribution in [2.24, 2.45) is 0 Å². The third-order valence-corrected chi connectivity index (χ3v) is 8.31. The number of hydrogen-bond acceptors (Lipinski definition) is 5. The zero-order chi connectivity index (χ0) is 35.9. The van der Waals surface area contributed by atoms with E-state index in [-0.39, 0.29) is 17.3 Å². The van der Waals surface area contributed by atoms with Gasteiger partial charge in [0.25, 0.3) is 0 Å². The largest absolute Gasteiger partial charge is 0.508 e. The molecule has 254 valence electrons. The first kappa shape index (κ1) is 37.7. The summed E-state index contributed by atoms with van der Waals surface area (Å²) in [5, 5.41) is 20.3. The second-order valence-corrected chi connectivity index (χ2v) is 12.1. The molecule has 0 spiro atoms. The molecule has 6 aromatic rings. The number of phenols is 1. The number of carbonyl (C=O) groups is 2. The number of alkyl halides is 1. The Labute approximate surface area is 309 Å². The summed E-state index contributed by atoms with van der Waals surface area (Å²) in [7, 11) is 1.38. The van der Waals surface area contributed by atoms with Gasteiger partial charge in [-0.3, -0.25) is 0 Å². The highest BCUT2D eigenvalue weighted by atomic mass is 79.9. The van der Waals surface area contributed by atoms with Crippen LogP contribution in [0.15, 0.2) is 146 Å². The molecule has 0 radical (unpaired) electrons. The van der Waals surface area contributed by atoms with Gasteiger partial charge >= 0.3 is 11.9 Å². The summed E-state index contributed by atoms with van der Waals surface area (Å²) in [5.41, 5.74) is 7.05. The number of methoxy groups -OCH3 is 1. The van der Waals surface area contributed by atoms with Crippen molar-refractivity contribution in [3.05, 3.63) is 178 Å². The highest BCUT2D eigenvalue weighted by Crippen LogP contribution is 2.25. The number of esters is 1. The number of rotatable bonds is 8. The summed E-state index contributed by atoms with van der Waals surface area (Å²) < 4.78 is 10.3. The predicted octanol–water partition coefficient (Wildman–Crippen LogP) is 11.4. The van der Waals surface area contributed by atoms with Crippen molar-refractivity contribution < 1.29 is 29.3 Å². The summed E-state index contributed by atoms with van der Waals surface area (Å²) in [5.74, 6) is -0.224. The van der Waals surface area contributed by atoms with Crippen LogP contribution >= 0.6 is 39.1 Å². The van der Waals surface area contributed by atoms with Gasteiger partial charge in [-0.1, -0.05) is 112 Å². The molecule has 0 aromatic heterocycles. The van der Waals surface area contributed by atoms with Gasteiger partial charge in [0, 0.05) is 15.4 Å². The van der Waals surface area contributed by atoms with Crippen molar-refractivity contribution in [3.63, 3.8) is 0 Å². The van der Waals surface area contributed by atoms with Gasteiger partial charge in [-0.25, -0.2) is 9.59 Å². The number of carboxylic acids is 1. The number of hydrogen-bond donors (Lipinski definition) is 2. The molecule has 0 amide bonds. The Morgan fingerprint density at radius 1 is 0.620 bits per heavy atom. The van der Waals surface area contributed by atoms with Crippen molar-refractivity contribution in [1.82, 2.24) is 0 Å². The molecule has 6 aromatic carbocycles. The van der Waals surface area contributed by atoms with Gasteiger partial charge in [0.2, 0.25) is 0 Å². The van der Waals surface area contributed by atoms with Gasteiger partial charge in [0.1, 0.15) is 18.1 Å². The van der Waals surface area contributed by atoms with Crippen molar-refractivity contribution in [2.75, 3.05) is 7.11 Å². The second kappa shape index (κ2) is 19.2. The average molecular weight is 773 g/mol. The molecule has 0 aliphatic rings. The number of carbonyl (C=O) groups excluding carboxylic acids is 1. The smallest absolute Gasteiger partial charge is 0.337 e. The van der Waals surface area contributed by atoms with Crippen LogP contribution in [0.25, 0.3) is 22.3 Å². The normalized spacial score (nSPS) is 10.1. The van der Waals surface area contributed by atoms with E-state index in [2.05, 4.69) is 20.7 Å². The molecule has 0 saturated heterocycles. The molecule has 6 rings (SSSR count). The fourth-order valence-electron chi connectivity index (χ4n) is 4.54. The number of carboxylic acid groups (broad SMARTS) is 1. The Kier molecular flexibility index (Phi) is 14.5. The van der Waals surface area contributed by atoms with Gasteiger partial charge in [0.15, 0.2) is 0 Å². The number of aromatic hydroxyl groups is 1. The fourth-order valence-corrected chi connectivity index (χ4v) is 5.14. The molecular weight excluding hydrogens is 739 g/mol. The summed E-state index contributed by atoms with van der Waals surface area (Å²) in [4.78, 5) is 22.0. The number of halogens is 3. The topological polar surface area (TPSA) is 93.1 Å². The Balaban J connectivity index is 0.000000184. The fraction of sp³-hybridized carbons (Fsp3) is 0.0732. The molecule has 0 saturated carbocycles. The van der Waals surface area contributed by atoms with Crippen LogP contribution in [-0.2, 0) is 16.7 Å². The zero-order valence-corrected chi connectivity index (χ0v) is 30.0. The van der Waals surface area contributed by atoms with Gasteiger partial charge in [-0.15, -0.1) is 0 Å². The number of ether oxygens (including phenoxy) is 2. The highest BCUT2D eigenvalue weighted by Gasteiger charge is 2.06. The lowest BCUT2D eigenvalue weighted by molar-refractivity contribution is 0.0599. The Morgan fingerprint density at radius 3 is 1.54 bits per heavy atom. The van der Waals surface area contributed by atoms with E-state index in [1.165, 1.54) is 7.11 Å². The maximum absolute atomic E-state index is 11.0. The van der Waals surface area contributed by atoms with Crippen LogP contribution in [0.2, 0.25) is 10.0 Å². The van der Waals surface area contributed by atoms with Crippen LogP contribution < -0.4 is 4.74 Å².